The van der Waals surface area contributed by atoms with Crippen molar-refractivity contribution in [2.45, 2.75) is 119 Å². The minimum absolute atomic E-state index is 0. The number of alkyl halides is 3. The SMILES string of the molecule is C.C.CC1CCC(c2ccc(C(O)(F)F)cc2)CC1.CC1CCC(c2ccc(OCF)cc2)CC1.Cc1ccc(C)c(F)c1F.Cc1ccc(F)c(F)c1F.[HH].[HH]. The van der Waals surface area contributed by atoms with E-state index in [-0.39, 0.29) is 28.8 Å². The number of hydrogen-bond acceptors (Lipinski definition) is 2. The highest BCUT2D eigenvalue weighted by molar-refractivity contribution is 5.30. The Morgan fingerprint density at radius 3 is 1.25 bits per heavy atom. The zero-order valence-electron chi connectivity index (χ0n) is 31.0. The van der Waals surface area contributed by atoms with Gasteiger partial charge in [-0.3, -0.25) is 0 Å². The quantitative estimate of drug-likeness (QED) is 0.161. The predicted octanol–water partition coefficient (Wildman–Crippen LogP) is 15.1. The lowest BCUT2D eigenvalue weighted by Crippen LogP contribution is -2.13. The number of hydrogen-bond donors (Lipinski definition) is 1. The fourth-order valence-electron chi connectivity index (χ4n) is 6.41. The van der Waals surface area contributed by atoms with Crippen LogP contribution in [0, 0.1) is 61.7 Å². The molecule has 0 amide bonds. The Kier molecular flexibility index (Phi) is 20.7. The van der Waals surface area contributed by atoms with E-state index in [1.54, 1.807) is 24.3 Å². The standard InChI is InChI=1S/C14H18F2O.C14H19FO.C8H8F2.C7H5F3.2CH4.2H2/c1-10-2-4-11(5-3-10)12-6-8-13(9-7-12)14(15,16)17;1-11-2-4-12(5-3-11)13-6-8-14(9-7-13)16-10-15;1-5-3-4-6(2)8(10)7(5)9;1-4-2-3-5(8)7(10)6(4)9;;;;/h6-11,17H,2-5H2,1H3;6-9,11-12H,2-5,10H2,1H3;3-4H,1-2H3;2-3H,1H3;2*1H4;2*1H. The van der Waals surface area contributed by atoms with Crippen molar-refractivity contribution in [3.8, 4) is 5.75 Å². The van der Waals surface area contributed by atoms with Crippen LogP contribution < -0.4 is 4.74 Å². The van der Waals surface area contributed by atoms with Gasteiger partial charge in [-0.1, -0.05) is 109 Å². The number of halogens is 8. The molecule has 0 bridgehead atoms. The average Bonchev–Trinajstić information content (AvgIpc) is 3.15. The van der Waals surface area contributed by atoms with Crippen molar-refractivity contribution in [1.29, 1.82) is 0 Å². The largest absolute Gasteiger partial charge is 0.463 e. The Hall–Kier alpha value is -3.92. The maximum absolute atomic E-state index is 12.6. The first-order valence-electron chi connectivity index (χ1n) is 18.0. The van der Waals surface area contributed by atoms with Crippen molar-refractivity contribution in [3.63, 3.8) is 0 Å². The second kappa shape index (κ2) is 23.2. The molecule has 1 N–H and O–H groups in total. The predicted molar refractivity (Wildman–Crippen MR) is 211 cm³/mol. The minimum atomic E-state index is -3.72. The molecule has 0 radical (unpaired) electrons. The van der Waals surface area contributed by atoms with E-state index in [0.717, 1.165) is 36.3 Å². The molecule has 2 aliphatic carbocycles. The summed E-state index contributed by atoms with van der Waals surface area (Å²) in [7, 11) is 0. The smallest absolute Gasteiger partial charge is 0.380 e. The van der Waals surface area contributed by atoms with Crippen LogP contribution in [-0.4, -0.2) is 12.0 Å². The van der Waals surface area contributed by atoms with Crippen LogP contribution in [0.15, 0.2) is 72.8 Å². The lowest BCUT2D eigenvalue weighted by Gasteiger charge is -2.26. The number of benzene rings is 4. The van der Waals surface area contributed by atoms with Crippen LogP contribution in [0.3, 0.4) is 0 Å². The highest BCUT2D eigenvalue weighted by Crippen LogP contribution is 2.37. The van der Waals surface area contributed by atoms with Gasteiger partial charge in [-0.2, -0.15) is 8.78 Å². The van der Waals surface area contributed by atoms with Crippen LogP contribution in [0.4, 0.5) is 35.1 Å². The van der Waals surface area contributed by atoms with Crippen molar-refractivity contribution in [3.05, 3.63) is 135 Å². The van der Waals surface area contributed by atoms with E-state index >= 15 is 0 Å². The van der Waals surface area contributed by atoms with E-state index in [1.165, 1.54) is 83.1 Å². The van der Waals surface area contributed by atoms with E-state index in [0.29, 0.717) is 28.7 Å². The van der Waals surface area contributed by atoms with Crippen molar-refractivity contribution < 1.29 is 47.8 Å². The molecule has 310 valence electrons. The molecule has 2 fully saturated rings. The van der Waals surface area contributed by atoms with Gasteiger partial charge in [0.1, 0.15) is 5.75 Å². The van der Waals surface area contributed by atoms with Crippen molar-refractivity contribution in [2.75, 3.05) is 6.86 Å². The number of aliphatic hydroxyl groups is 1. The van der Waals surface area contributed by atoms with Crippen LogP contribution in [0.5, 0.6) is 5.75 Å². The van der Waals surface area contributed by atoms with Crippen LogP contribution >= 0.6 is 0 Å². The van der Waals surface area contributed by atoms with Crippen LogP contribution in [0.25, 0.3) is 0 Å². The van der Waals surface area contributed by atoms with E-state index in [2.05, 4.69) is 26.0 Å². The van der Waals surface area contributed by atoms with Gasteiger partial charge in [0.05, 0.1) is 5.56 Å². The second-order valence-corrected chi connectivity index (χ2v) is 14.2. The summed E-state index contributed by atoms with van der Waals surface area (Å²) in [5.74, 6) is -1.67. The van der Waals surface area contributed by atoms with Crippen molar-refractivity contribution in [2.24, 2.45) is 11.8 Å². The highest BCUT2D eigenvalue weighted by Gasteiger charge is 2.28. The Balaban J connectivity index is 0. The Labute approximate surface area is 325 Å². The average molecular weight is 787 g/mol. The molecular formula is C45H62F8O2. The molecule has 0 atom stereocenters. The fourth-order valence-corrected chi connectivity index (χ4v) is 6.41. The molecule has 0 spiro atoms. The minimum Gasteiger partial charge on any atom is -0.463 e. The Bertz CT molecular complexity index is 1590. The summed E-state index contributed by atoms with van der Waals surface area (Å²) in [4.78, 5) is 0. The third kappa shape index (κ3) is 15.3. The molecule has 4 aromatic rings. The third-order valence-corrected chi connectivity index (χ3v) is 10.0. The summed E-state index contributed by atoms with van der Waals surface area (Å²) < 4.78 is 104. The van der Waals surface area contributed by atoms with E-state index in [9.17, 15) is 35.1 Å². The Morgan fingerprint density at radius 2 is 0.909 bits per heavy atom. The van der Waals surface area contributed by atoms with Crippen LogP contribution in [0.1, 0.15) is 128 Å². The van der Waals surface area contributed by atoms with Crippen LogP contribution in [-0.2, 0) is 6.11 Å². The van der Waals surface area contributed by atoms with Gasteiger partial charge in [0.2, 0.25) is 6.86 Å². The summed E-state index contributed by atoms with van der Waals surface area (Å²) in [6, 6.07) is 19.2. The van der Waals surface area contributed by atoms with Crippen LogP contribution in [0.2, 0.25) is 0 Å². The van der Waals surface area contributed by atoms with Gasteiger partial charge in [-0.15, -0.1) is 0 Å². The zero-order valence-corrected chi connectivity index (χ0v) is 31.0. The maximum Gasteiger partial charge on any atom is 0.380 e. The summed E-state index contributed by atoms with van der Waals surface area (Å²) in [5.41, 5.74) is 2.97. The lowest BCUT2D eigenvalue weighted by atomic mass is 9.79. The lowest BCUT2D eigenvalue weighted by molar-refractivity contribution is -0.208. The topological polar surface area (TPSA) is 29.5 Å². The number of rotatable bonds is 5. The molecule has 55 heavy (non-hydrogen) atoms. The van der Waals surface area contributed by atoms with Crippen molar-refractivity contribution >= 4 is 0 Å². The van der Waals surface area contributed by atoms with E-state index < -0.39 is 42.1 Å². The number of aryl methyl sites for hydroxylation is 3. The fraction of sp³-hybridized carbons (Fsp3) is 0.467. The molecule has 0 unspecified atom stereocenters. The first-order chi connectivity index (χ1) is 25.0. The molecule has 0 aromatic heterocycles. The maximum atomic E-state index is 12.6. The van der Waals surface area contributed by atoms with Gasteiger partial charge in [0, 0.05) is 2.85 Å². The molecule has 6 rings (SSSR count). The first kappa shape index (κ1) is 49.1. The molecule has 0 saturated heterocycles. The van der Waals surface area contributed by atoms with Gasteiger partial charge in [0.25, 0.3) is 0 Å². The van der Waals surface area contributed by atoms with Crippen molar-refractivity contribution in [1.82, 2.24) is 0 Å². The molecule has 10 heteroatoms. The number of ether oxygens (including phenoxy) is 1. The van der Waals surface area contributed by atoms with Gasteiger partial charge >= 0.3 is 6.11 Å². The molecule has 2 saturated carbocycles. The second-order valence-electron chi connectivity index (χ2n) is 14.2. The van der Waals surface area contributed by atoms with Gasteiger partial charge < -0.3 is 9.84 Å². The third-order valence-electron chi connectivity index (χ3n) is 10.0. The molecule has 0 aliphatic heterocycles. The Morgan fingerprint density at radius 1 is 0.564 bits per heavy atom. The first-order valence-corrected chi connectivity index (χ1v) is 18.0. The zero-order chi connectivity index (χ0) is 39.3. The van der Waals surface area contributed by atoms with Gasteiger partial charge in [-0.05, 0) is 116 Å². The monoisotopic (exact) mass is 786 g/mol. The highest BCUT2D eigenvalue weighted by atomic mass is 19.3. The normalized spacial score (nSPS) is 19.0. The molecule has 2 aliphatic rings. The molecule has 4 aromatic carbocycles. The molecular weight excluding hydrogens is 724 g/mol. The molecule has 0 heterocycles. The van der Waals surface area contributed by atoms with E-state index in [4.69, 9.17) is 9.84 Å². The summed E-state index contributed by atoms with van der Waals surface area (Å²) >= 11 is 0. The summed E-state index contributed by atoms with van der Waals surface area (Å²) in [5, 5.41) is 8.59. The molecule has 2 nitrogen and oxygen atoms in total. The summed E-state index contributed by atoms with van der Waals surface area (Å²) in [6.07, 6.45) is 6.19. The van der Waals surface area contributed by atoms with Gasteiger partial charge in [0.15, 0.2) is 29.1 Å². The van der Waals surface area contributed by atoms with E-state index in [1.807, 2.05) is 12.1 Å². The van der Waals surface area contributed by atoms with Gasteiger partial charge in [-0.25, -0.2) is 26.3 Å². The summed E-state index contributed by atoms with van der Waals surface area (Å²) in [6.45, 7) is 8.29.